The van der Waals surface area contributed by atoms with Crippen molar-refractivity contribution in [3.8, 4) is 0 Å². The molecule has 2 N–H and O–H groups in total. The third kappa shape index (κ3) is 4.52. The van der Waals surface area contributed by atoms with Crippen LogP contribution in [-0.4, -0.2) is 35.6 Å². The van der Waals surface area contributed by atoms with Gasteiger partial charge in [-0.25, -0.2) is 9.37 Å². The van der Waals surface area contributed by atoms with Crippen molar-refractivity contribution >= 4 is 17.7 Å². The molecule has 0 fully saturated rings. The molecule has 18 heavy (non-hydrogen) atoms. The van der Waals surface area contributed by atoms with Gasteiger partial charge in [-0.05, 0) is 13.3 Å². The Labute approximate surface area is 105 Å². The number of carbonyl (C=O) groups excluding carboxylic acids is 1. The summed E-state index contributed by atoms with van der Waals surface area (Å²) in [6, 6.07) is 0. The maximum absolute atomic E-state index is 13.4. The molecule has 1 aromatic rings. The number of aromatic nitrogens is 2. The molecule has 0 aliphatic heterocycles. The highest BCUT2D eigenvalue weighted by molar-refractivity contribution is 5.74. The van der Waals surface area contributed by atoms with E-state index in [-0.39, 0.29) is 19.0 Å². The molecular formula is C11H17FN4O2. The average molecular weight is 256 g/mol. The molecule has 0 aliphatic rings. The maximum Gasteiger partial charge on any atom is 0.325 e. The predicted molar refractivity (Wildman–Crippen MR) is 65.9 cm³/mol. The largest absolute Gasteiger partial charge is 0.465 e. The van der Waals surface area contributed by atoms with Gasteiger partial charge in [0.25, 0.3) is 0 Å². The van der Waals surface area contributed by atoms with E-state index in [1.807, 2.05) is 6.92 Å². The van der Waals surface area contributed by atoms with Crippen molar-refractivity contribution < 1.29 is 13.9 Å². The first-order valence-corrected chi connectivity index (χ1v) is 5.83. The number of nitrogens with zero attached hydrogens (tertiary/aromatic N) is 2. The Bertz CT molecular complexity index is 401. The number of anilines is 2. The van der Waals surface area contributed by atoms with Crippen LogP contribution < -0.4 is 10.6 Å². The van der Waals surface area contributed by atoms with E-state index in [2.05, 4.69) is 20.6 Å². The molecule has 0 atom stereocenters. The summed E-state index contributed by atoms with van der Waals surface area (Å²) in [6.07, 6.45) is 1.96. The molecule has 0 saturated heterocycles. The summed E-state index contributed by atoms with van der Waals surface area (Å²) in [7, 11) is 0. The lowest BCUT2D eigenvalue weighted by molar-refractivity contribution is -0.140. The molecule has 0 saturated carbocycles. The molecule has 0 amide bonds. The number of rotatable bonds is 7. The first-order valence-electron chi connectivity index (χ1n) is 5.83. The van der Waals surface area contributed by atoms with Crippen LogP contribution in [0.1, 0.15) is 20.3 Å². The van der Waals surface area contributed by atoms with Crippen molar-refractivity contribution in [2.45, 2.75) is 20.3 Å². The summed E-state index contributed by atoms with van der Waals surface area (Å²) in [5.74, 6) is -0.763. The van der Waals surface area contributed by atoms with Crippen LogP contribution in [0.3, 0.4) is 0 Å². The van der Waals surface area contributed by atoms with Gasteiger partial charge in [-0.3, -0.25) is 4.79 Å². The van der Waals surface area contributed by atoms with Gasteiger partial charge >= 0.3 is 5.97 Å². The molecule has 0 aromatic carbocycles. The zero-order valence-corrected chi connectivity index (χ0v) is 10.5. The van der Waals surface area contributed by atoms with Crippen molar-refractivity contribution in [1.82, 2.24) is 9.97 Å². The summed E-state index contributed by atoms with van der Waals surface area (Å²) in [5, 5.41) is 5.50. The van der Waals surface area contributed by atoms with Crippen molar-refractivity contribution in [2.75, 3.05) is 30.3 Å². The summed E-state index contributed by atoms with van der Waals surface area (Å²) < 4.78 is 18.1. The van der Waals surface area contributed by atoms with Gasteiger partial charge in [-0.2, -0.15) is 4.98 Å². The van der Waals surface area contributed by atoms with Crippen LogP contribution in [0.15, 0.2) is 6.20 Å². The second kappa shape index (κ2) is 7.41. The van der Waals surface area contributed by atoms with E-state index in [0.29, 0.717) is 12.5 Å². The minimum absolute atomic E-state index is 0.0170. The fraction of sp³-hybridized carbons (Fsp3) is 0.545. The Morgan fingerprint density at radius 3 is 2.89 bits per heavy atom. The minimum atomic E-state index is -0.610. The van der Waals surface area contributed by atoms with Crippen LogP contribution >= 0.6 is 0 Å². The number of carbonyl (C=O) groups is 1. The second-order valence-electron chi connectivity index (χ2n) is 3.48. The van der Waals surface area contributed by atoms with Gasteiger partial charge in [0, 0.05) is 6.54 Å². The zero-order chi connectivity index (χ0) is 13.4. The number of halogens is 1. The topological polar surface area (TPSA) is 76.1 Å². The van der Waals surface area contributed by atoms with Gasteiger partial charge in [-0.15, -0.1) is 0 Å². The van der Waals surface area contributed by atoms with Gasteiger partial charge in [0.2, 0.25) is 5.95 Å². The van der Waals surface area contributed by atoms with E-state index in [0.717, 1.165) is 12.6 Å². The molecule has 0 radical (unpaired) electrons. The lowest BCUT2D eigenvalue weighted by atomic mass is 10.5. The van der Waals surface area contributed by atoms with E-state index in [9.17, 15) is 9.18 Å². The van der Waals surface area contributed by atoms with Crippen molar-refractivity contribution in [3.05, 3.63) is 12.0 Å². The molecular weight excluding hydrogens is 239 g/mol. The van der Waals surface area contributed by atoms with E-state index in [1.165, 1.54) is 0 Å². The second-order valence-corrected chi connectivity index (χ2v) is 3.48. The molecule has 0 aliphatic carbocycles. The number of hydrogen-bond donors (Lipinski definition) is 2. The van der Waals surface area contributed by atoms with E-state index >= 15 is 0 Å². The quantitative estimate of drug-likeness (QED) is 0.718. The predicted octanol–water partition coefficient (Wildman–Crippen LogP) is 1.41. The zero-order valence-electron chi connectivity index (χ0n) is 10.5. The highest BCUT2D eigenvalue weighted by atomic mass is 19.1. The highest BCUT2D eigenvalue weighted by Gasteiger charge is 2.08. The molecule has 1 rings (SSSR count). The van der Waals surface area contributed by atoms with Gasteiger partial charge in [0.1, 0.15) is 6.54 Å². The monoisotopic (exact) mass is 256 g/mol. The fourth-order valence-electron chi connectivity index (χ4n) is 1.18. The van der Waals surface area contributed by atoms with E-state index in [1.54, 1.807) is 6.92 Å². The van der Waals surface area contributed by atoms with Gasteiger partial charge < -0.3 is 15.4 Å². The van der Waals surface area contributed by atoms with Crippen LogP contribution in [0, 0.1) is 5.82 Å². The third-order valence-electron chi connectivity index (χ3n) is 1.98. The summed E-state index contributed by atoms with van der Waals surface area (Å²) in [5.41, 5.74) is 0. The van der Waals surface area contributed by atoms with Gasteiger partial charge in [-0.1, -0.05) is 6.92 Å². The first kappa shape index (κ1) is 14.1. The third-order valence-corrected chi connectivity index (χ3v) is 1.98. The van der Waals surface area contributed by atoms with Crippen molar-refractivity contribution in [2.24, 2.45) is 0 Å². The molecule has 100 valence electrons. The van der Waals surface area contributed by atoms with Crippen LogP contribution in [-0.2, 0) is 9.53 Å². The summed E-state index contributed by atoms with van der Waals surface area (Å²) >= 11 is 0. The van der Waals surface area contributed by atoms with Crippen LogP contribution in [0.5, 0.6) is 0 Å². The minimum Gasteiger partial charge on any atom is -0.465 e. The van der Waals surface area contributed by atoms with Crippen LogP contribution in [0.2, 0.25) is 0 Å². The fourth-order valence-corrected chi connectivity index (χ4v) is 1.18. The molecule has 0 unspecified atom stereocenters. The van der Waals surface area contributed by atoms with Crippen molar-refractivity contribution in [3.63, 3.8) is 0 Å². The number of ether oxygens (including phenoxy) is 1. The summed E-state index contributed by atoms with van der Waals surface area (Å²) in [6.45, 7) is 4.56. The Morgan fingerprint density at radius 1 is 1.44 bits per heavy atom. The Morgan fingerprint density at radius 2 is 2.22 bits per heavy atom. The maximum atomic E-state index is 13.4. The average Bonchev–Trinajstić information content (AvgIpc) is 2.36. The molecule has 0 spiro atoms. The molecule has 7 heteroatoms. The SMILES string of the molecule is CCCNc1ncc(F)c(NCC(=O)OCC)n1. The van der Waals surface area contributed by atoms with Crippen molar-refractivity contribution in [1.29, 1.82) is 0 Å². The van der Waals surface area contributed by atoms with E-state index in [4.69, 9.17) is 4.74 Å². The molecule has 1 heterocycles. The van der Waals surface area contributed by atoms with Gasteiger partial charge in [0.05, 0.1) is 12.8 Å². The smallest absolute Gasteiger partial charge is 0.325 e. The number of nitrogens with one attached hydrogen (secondary N) is 2. The standard InChI is InChI=1S/C11H17FN4O2/c1-3-5-13-11-15-6-8(12)10(16-11)14-7-9(17)18-4-2/h6H,3-5,7H2,1-2H3,(H2,13,14,15,16). The molecule has 0 bridgehead atoms. The molecule has 6 nitrogen and oxygen atoms in total. The number of hydrogen-bond acceptors (Lipinski definition) is 6. The van der Waals surface area contributed by atoms with Crippen LogP contribution in [0.25, 0.3) is 0 Å². The Hall–Kier alpha value is -1.92. The lowest BCUT2D eigenvalue weighted by Gasteiger charge is -2.08. The normalized spacial score (nSPS) is 9.94. The first-order chi connectivity index (χ1) is 8.67. The Kier molecular flexibility index (Phi) is 5.83. The Balaban J connectivity index is 2.60. The summed E-state index contributed by atoms with van der Waals surface area (Å²) in [4.78, 5) is 18.8. The highest BCUT2D eigenvalue weighted by Crippen LogP contribution is 2.11. The van der Waals surface area contributed by atoms with Gasteiger partial charge in [0.15, 0.2) is 11.6 Å². The van der Waals surface area contributed by atoms with Crippen LogP contribution in [0.4, 0.5) is 16.2 Å². The lowest BCUT2D eigenvalue weighted by Crippen LogP contribution is -2.18. The van der Waals surface area contributed by atoms with E-state index < -0.39 is 11.8 Å². The number of esters is 1. The molecule has 1 aromatic heterocycles.